The van der Waals surface area contributed by atoms with E-state index >= 15 is 0 Å². The van der Waals surface area contributed by atoms with E-state index in [9.17, 15) is 0 Å². The predicted molar refractivity (Wildman–Crippen MR) is 83.2 cm³/mol. The maximum absolute atomic E-state index is 2.60. The third-order valence-corrected chi connectivity index (χ3v) is 4.23. The molecule has 1 nitrogen and oxygen atoms in total. The van der Waals surface area contributed by atoms with E-state index in [1.807, 2.05) is 0 Å². The number of hydrogen-bond acceptors (Lipinski definition) is 1. The molecule has 1 aromatic rings. The molecule has 1 heterocycles. The van der Waals surface area contributed by atoms with Gasteiger partial charge < -0.3 is 0 Å². The molecule has 0 aliphatic carbocycles. The molecule has 0 N–H and O–H groups in total. The quantitative estimate of drug-likeness (QED) is 0.555. The average Bonchev–Trinajstić information content (AvgIpc) is 2.84. The maximum atomic E-state index is 2.60. The molecule has 0 unspecified atom stereocenters. The highest BCUT2D eigenvalue weighted by atomic mass is 15.1. The number of hydrogen-bond donors (Lipinski definition) is 0. The summed E-state index contributed by atoms with van der Waals surface area (Å²) in [6.45, 7) is 5.91. The van der Waals surface area contributed by atoms with Crippen molar-refractivity contribution in [3.8, 4) is 0 Å². The summed E-state index contributed by atoms with van der Waals surface area (Å²) in [4.78, 5) is 2.60. The van der Waals surface area contributed by atoms with Crippen molar-refractivity contribution < 1.29 is 0 Å². The van der Waals surface area contributed by atoms with Gasteiger partial charge in [0.05, 0.1) is 0 Å². The Labute approximate surface area is 119 Å². The van der Waals surface area contributed by atoms with Gasteiger partial charge in [-0.15, -0.1) is 0 Å². The summed E-state index contributed by atoms with van der Waals surface area (Å²) < 4.78 is 0. The second-order valence-electron chi connectivity index (χ2n) is 5.95. The van der Waals surface area contributed by atoms with Gasteiger partial charge in [0.15, 0.2) is 0 Å². The van der Waals surface area contributed by atoms with Crippen LogP contribution >= 0.6 is 0 Å². The second kappa shape index (κ2) is 8.37. The molecule has 0 atom stereocenters. The molecule has 1 aromatic carbocycles. The smallest absolute Gasteiger partial charge is 0.0240 e. The predicted octanol–water partition coefficient (Wildman–Crippen LogP) is 5.14. The Morgan fingerprint density at radius 3 is 1.89 bits per heavy atom. The lowest BCUT2D eigenvalue weighted by molar-refractivity contribution is 0.276. The van der Waals surface area contributed by atoms with E-state index in [0.29, 0.717) is 0 Å². The zero-order valence-electron chi connectivity index (χ0n) is 12.5. The topological polar surface area (TPSA) is 3.24 Å². The Balaban J connectivity index is 1.49. The van der Waals surface area contributed by atoms with Crippen LogP contribution in [0.25, 0.3) is 0 Å². The molecule has 0 aromatic heterocycles. The lowest BCUT2D eigenvalue weighted by atomic mass is 10.1. The largest absolute Gasteiger partial charge is 0.295 e. The van der Waals surface area contributed by atoms with Crippen LogP contribution in [-0.4, -0.2) is 11.4 Å². The summed E-state index contributed by atoms with van der Waals surface area (Å²) in [7, 11) is 0. The Morgan fingerprint density at radius 1 is 0.789 bits per heavy atom. The standard InChI is InChI=1S/C18H29N/c1-2-3-4-5-6-7-8-11-14-19-15-17-12-9-10-13-18(17)16-19/h9-10,12-13H,2-8,11,14-16H2,1H3. The molecule has 1 aliphatic rings. The van der Waals surface area contributed by atoms with Gasteiger partial charge in [0.1, 0.15) is 0 Å². The van der Waals surface area contributed by atoms with Crippen molar-refractivity contribution in [2.45, 2.75) is 71.4 Å². The van der Waals surface area contributed by atoms with Crippen molar-refractivity contribution in [1.82, 2.24) is 4.90 Å². The van der Waals surface area contributed by atoms with E-state index in [2.05, 4.69) is 36.1 Å². The van der Waals surface area contributed by atoms with Gasteiger partial charge in [-0.05, 0) is 24.1 Å². The summed E-state index contributed by atoms with van der Waals surface area (Å²) in [6.07, 6.45) is 11.3. The molecule has 1 heteroatoms. The highest BCUT2D eigenvalue weighted by Crippen LogP contribution is 2.22. The Kier molecular flexibility index (Phi) is 6.43. The third-order valence-electron chi connectivity index (χ3n) is 4.23. The van der Waals surface area contributed by atoms with Crippen LogP contribution in [0.3, 0.4) is 0 Å². The van der Waals surface area contributed by atoms with E-state index in [4.69, 9.17) is 0 Å². The summed E-state index contributed by atoms with van der Waals surface area (Å²) in [6, 6.07) is 8.89. The van der Waals surface area contributed by atoms with E-state index < -0.39 is 0 Å². The van der Waals surface area contributed by atoms with Gasteiger partial charge in [-0.3, -0.25) is 4.90 Å². The monoisotopic (exact) mass is 259 g/mol. The van der Waals surface area contributed by atoms with Crippen LogP contribution < -0.4 is 0 Å². The third kappa shape index (κ3) is 4.99. The fourth-order valence-corrected chi connectivity index (χ4v) is 3.03. The number of rotatable bonds is 9. The minimum Gasteiger partial charge on any atom is -0.295 e. The van der Waals surface area contributed by atoms with E-state index in [0.717, 1.165) is 0 Å². The van der Waals surface area contributed by atoms with Gasteiger partial charge in [0.2, 0.25) is 0 Å². The lowest BCUT2D eigenvalue weighted by Crippen LogP contribution is -2.17. The summed E-state index contributed by atoms with van der Waals surface area (Å²) in [5, 5.41) is 0. The molecular weight excluding hydrogens is 230 g/mol. The van der Waals surface area contributed by atoms with Gasteiger partial charge >= 0.3 is 0 Å². The molecule has 0 bridgehead atoms. The first kappa shape index (κ1) is 14.6. The molecule has 0 radical (unpaired) electrons. The Hall–Kier alpha value is -0.820. The van der Waals surface area contributed by atoms with E-state index in [1.165, 1.54) is 71.0 Å². The molecule has 0 fully saturated rings. The second-order valence-corrected chi connectivity index (χ2v) is 5.95. The molecular formula is C18H29N. The van der Waals surface area contributed by atoms with Crippen LogP contribution in [0.1, 0.15) is 69.4 Å². The zero-order valence-corrected chi connectivity index (χ0v) is 12.5. The van der Waals surface area contributed by atoms with Crippen LogP contribution in [0.2, 0.25) is 0 Å². The molecule has 2 rings (SSSR count). The average molecular weight is 259 g/mol. The van der Waals surface area contributed by atoms with E-state index in [1.54, 1.807) is 11.1 Å². The number of benzene rings is 1. The van der Waals surface area contributed by atoms with Crippen LogP contribution in [0.5, 0.6) is 0 Å². The van der Waals surface area contributed by atoms with Gasteiger partial charge in [-0.25, -0.2) is 0 Å². The summed E-state index contributed by atoms with van der Waals surface area (Å²) >= 11 is 0. The Bertz CT molecular complexity index is 333. The molecule has 0 spiro atoms. The van der Waals surface area contributed by atoms with Gasteiger partial charge in [-0.1, -0.05) is 76.1 Å². The van der Waals surface area contributed by atoms with Crippen LogP contribution in [0.4, 0.5) is 0 Å². The van der Waals surface area contributed by atoms with E-state index in [-0.39, 0.29) is 0 Å². The SMILES string of the molecule is CCCCCCCCCCN1Cc2ccccc2C1. The van der Waals surface area contributed by atoms with Crippen molar-refractivity contribution >= 4 is 0 Å². The van der Waals surface area contributed by atoms with Crippen LogP contribution in [0.15, 0.2) is 24.3 Å². The van der Waals surface area contributed by atoms with Crippen molar-refractivity contribution in [1.29, 1.82) is 0 Å². The fraction of sp³-hybridized carbons (Fsp3) is 0.667. The molecule has 106 valence electrons. The zero-order chi connectivity index (χ0) is 13.3. The summed E-state index contributed by atoms with van der Waals surface area (Å²) in [5.74, 6) is 0. The molecule has 19 heavy (non-hydrogen) atoms. The first-order chi connectivity index (χ1) is 9.40. The Morgan fingerprint density at radius 2 is 1.32 bits per heavy atom. The first-order valence-electron chi connectivity index (χ1n) is 8.19. The minimum atomic E-state index is 1.17. The minimum absolute atomic E-state index is 1.17. The van der Waals surface area contributed by atoms with Crippen molar-refractivity contribution in [3.63, 3.8) is 0 Å². The maximum Gasteiger partial charge on any atom is 0.0240 e. The number of unbranched alkanes of at least 4 members (excludes halogenated alkanes) is 7. The van der Waals surface area contributed by atoms with Crippen LogP contribution in [-0.2, 0) is 13.1 Å². The molecule has 0 amide bonds. The normalized spacial score (nSPS) is 14.8. The first-order valence-corrected chi connectivity index (χ1v) is 8.19. The van der Waals surface area contributed by atoms with Gasteiger partial charge in [-0.2, -0.15) is 0 Å². The van der Waals surface area contributed by atoms with Crippen molar-refractivity contribution in [2.75, 3.05) is 6.54 Å². The summed E-state index contributed by atoms with van der Waals surface area (Å²) in [5.41, 5.74) is 3.09. The number of fused-ring (bicyclic) bond motifs is 1. The van der Waals surface area contributed by atoms with Gasteiger partial charge in [0, 0.05) is 13.1 Å². The number of nitrogens with zero attached hydrogens (tertiary/aromatic N) is 1. The van der Waals surface area contributed by atoms with Crippen molar-refractivity contribution in [3.05, 3.63) is 35.4 Å². The molecule has 0 saturated heterocycles. The molecule has 1 aliphatic heterocycles. The van der Waals surface area contributed by atoms with Crippen molar-refractivity contribution in [2.24, 2.45) is 0 Å². The highest BCUT2D eigenvalue weighted by molar-refractivity contribution is 5.30. The van der Waals surface area contributed by atoms with Crippen LogP contribution in [0, 0.1) is 0 Å². The lowest BCUT2D eigenvalue weighted by Gasteiger charge is -2.14. The molecule has 0 saturated carbocycles. The highest BCUT2D eigenvalue weighted by Gasteiger charge is 2.16. The fourth-order valence-electron chi connectivity index (χ4n) is 3.03. The van der Waals surface area contributed by atoms with Gasteiger partial charge in [0.25, 0.3) is 0 Å².